The smallest absolute Gasteiger partial charge is 0.339 e. The minimum atomic E-state index is -0.433. The molecule has 0 aromatic carbocycles. The second-order valence-electron chi connectivity index (χ2n) is 5.96. The third kappa shape index (κ3) is 3.19. The van der Waals surface area contributed by atoms with Crippen LogP contribution in [0, 0.1) is 13.8 Å². The molecule has 0 spiro atoms. The molecule has 0 radical (unpaired) electrons. The summed E-state index contributed by atoms with van der Waals surface area (Å²) in [7, 11) is 1.33. The SMILES string of the molecule is COC(=O)c1c(C)[nH]c(C(=O)N2CCN(c3cnccn3)CC2)c1C. The number of aromatic nitrogens is 3. The maximum Gasteiger partial charge on any atom is 0.339 e. The summed E-state index contributed by atoms with van der Waals surface area (Å²) in [5, 5.41) is 0. The Kier molecular flexibility index (Phi) is 4.69. The Hall–Kier alpha value is -2.90. The molecule has 1 amide bonds. The lowest BCUT2D eigenvalue weighted by Gasteiger charge is -2.35. The lowest BCUT2D eigenvalue weighted by Crippen LogP contribution is -2.49. The van der Waals surface area contributed by atoms with Crippen molar-refractivity contribution in [1.82, 2.24) is 19.9 Å². The molecule has 8 heteroatoms. The number of piperazine rings is 1. The molecule has 0 atom stereocenters. The van der Waals surface area contributed by atoms with Gasteiger partial charge in [-0.3, -0.25) is 9.78 Å². The van der Waals surface area contributed by atoms with Crippen LogP contribution in [0.5, 0.6) is 0 Å². The summed E-state index contributed by atoms with van der Waals surface area (Å²) in [5.41, 5.74) is 2.16. The number of methoxy groups -OCH3 is 1. The number of hydrogen-bond acceptors (Lipinski definition) is 6. The number of carbonyl (C=O) groups is 2. The molecule has 1 N–H and O–H groups in total. The Balaban J connectivity index is 1.72. The van der Waals surface area contributed by atoms with Gasteiger partial charge in [0, 0.05) is 44.3 Å². The third-order valence-corrected chi connectivity index (χ3v) is 4.48. The second kappa shape index (κ2) is 6.92. The van der Waals surface area contributed by atoms with Gasteiger partial charge in [0.2, 0.25) is 0 Å². The van der Waals surface area contributed by atoms with Crippen LogP contribution in [0.1, 0.15) is 32.1 Å². The predicted molar refractivity (Wildman–Crippen MR) is 91.8 cm³/mol. The van der Waals surface area contributed by atoms with Crippen LogP contribution in [-0.4, -0.2) is 65.0 Å². The summed E-state index contributed by atoms with van der Waals surface area (Å²) >= 11 is 0. The molecule has 1 aliphatic heterocycles. The monoisotopic (exact) mass is 343 g/mol. The van der Waals surface area contributed by atoms with Crippen molar-refractivity contribution < 1.29 is 14.3 Å². The first-order chi connectivity index (χ1) is 12.0. The van der Waals surface area contributed by atoms with E-state index in [9.17, 15) is 9.59 Å². The Morgan fingerprint density at radius 3 is 2.48 bits per heavy atom. The van der Waals surface area contributed by atoms with Gasteiger partial charge in [0.25, 0.3) is 5.91 Å². The van der Waals surface area contributed by atoms with Crippen LogP contribution in [0.2, 0.25) is 0 Å². The van der Waals surface area contributed by atoms with Crippen molar-refractivity contribution in [3.63, 3.8) is 0 Å². The molecule has 2 aromatic heterocycles. The van der Waals surface area contributed by atoms with Crippen molar-refractivity contribution >= 4 is 17.7 Å². The van der Waals surface area contributed by atoms with E-state index in [1.165, 1.54) is 7.11 Å². The van der Waals surface area contributed by atoms with E-state index >= 15 is 0 Å². The van der Waals surface area contributed by atoms with Gasteiger partial charge in [0.15, 0.2) is 0 Å². The van der Waals surface area contributed by atoms with E-state index in [1.54, 1.807) is 37.3 Å². The van der Waals surface area contributed by atoms with Crippen LogP contribution < -0.4 is 4.90 Å². The fraction of sp³-hybridized carbons (Fsp3) is 0.412. The van der Waals surface area contributed by atoms with Crippen molar-refractivity contribution in [2.45, 2.75) is 13.8 Å². The first-order valence-corrected chi connectivity index (χ1v) is 8.10. The first kappa shape index (κ1) is 16.9. The molecule has 1 aliphatic rings. The number of hydrogen-bond donors (Lipinski definition) is 1. The average molecular weight is 343 g/mol. The maximum atomic E-state index is 12.8. The van der Waals surface area contributed by atoms with Crippen LogP contribution in [0.3, 0.4) is 0 Å². The molecule has 3 heterocycles. The van der Waals surface area contributed by atoms with E-state index in [0.29, 0.717) is 48.7 Å². The molecular weight excluding hydrogens is 322 g/mol. The second-order valence-corrected chi connectivity index (χ2v) is 5.96. The van der Waals surface area contributed by atoms with E-state index in [4.69, 9.17) is 4.74 Å². The summed E-state index contributed by atoms with van der Waals surface area (Å²) in [5.74, 6) is 0.279. The lowest BCUT2D eigenvalue weighted by molar-refractivity contribution is 0.0599. The van der Waals surface area contributed by atoms with Crippen LogP contribution >= 0.6 is 0 Å². The molecule has 2 aromatic rings. The highest BCUT2D eigenvalue weighted by molar-refractivity contribution is 6.00. The fourth-order valence-corrected chi connectivity index (χ4v) is 3.12. The summed E-state index contributed by atoms with van der Waals surface area (Å²) in [6.07, 6.45) is 5.02. The quantitative estimate of drug-likeness (QED) is 0.841. The largest absolute Gasteiger partial charge is 0.465 e. The minimum Gasteiger partial charge on any atom is -0.465 e. The van der Waals surface area contributed by atoms with E-state index < -0.39 is 5.97 Å². The molecule has 0 saturated carbocycles. The maximum absolute atomic E-state index is 12.8. The topological polar surface area (TPSA) is 91.4 Å². The van der Waals surface area contributed by atoms with Crippen LogP contribution in [0.15, 0.2) is 18.6 Å². The summed E-state index contributed by atoms with van der Waals surface area (Å²) in [6, 6.07) is 0. The number of amides is 1. The number of aryl methyl sites for hydroxylation is 1. The van der Waals surface area contributed by atoms with Gasteiger partial charge in [-0.15, -0.1) is 0 Å². The van der Waals surface area contributed by atoms with Crippen LogP contribution in [0.4, 0.5) is 5.82 Å². The first-order valence-electron chi connectivity index (χ1n) is 8.10. The van der Waals surface area contributed by atoms with E-state index in [0.717, 1.165) is 5.82 Å². The van der Waals surface area contributed by atoms with Gasteiger partial charge < -0.3 is 19.5 Å². The molecule has 132 valence electrons. The lowest BCUT2D eigenvalue weighted by atomic mass is 10.1. The highest BCUT2D eigenvalue weighted by atomic mass is 16.5. The number of H-pyrrole nitrogens is 1. The highest BCUT2D eigenvalue weighted by Crippen LogP contribution is 2.21. The molecule has 8 nitrogen and oxygen atoms in total. The minimum absolute atomic E-state index is 0.102. The number of anilines is 1. The summed E-state index contributed by atoms with van der Waals surface area (Å²) < 4.78 is 4.80. The predicted octanol–water partition coefficient (Wildman–Crippen LogP) is 1.17. The Labute approximate surface area is 145 Å². The van der Waals surface area contributed by atoms with E-state index in [-0.39, 0.29) is 5.91 Å². The molecule has 1 saturated heterocycles. The fourth-order valence-electron chi connectivity index (χ4n) is 3.12. The number of nitrogens with zero attached hydrogens (tertiary/aromatic N) is 4. The van der Waals surface area contributed by atoms with Gasteiger partial charge >= 0.3 is 5.97 Å². The Bertz CT molecular complexity index is 779. The molecule has 0 unspecified atom stereocenters. The molecular formula is C17H21N5O3. The Morgan fingerprint density at radius 1 is 1.16 bits per heavy atom. The van der Waals surface area contributed by atoms with Gasteiger partial charge in [-0.2, -0.15) is 0 Å². The standard InChI is InChI=1S/C17H21N5O3/c1-11-14(17(24)25-3)12(2)20-15(11)16(23)22-8-6-21(7-9-22)13-10-18-4-5-19-13/h4-5,10,20H,6-9H2,1-3H3. The Morgan fingerprint density at radius 2 is 1.88 bits per heavy atom. The molecule has 3 rings (SSSR count). The molecule has 1 fully saturated rings. The van der Waals surface area contributed by atoms with E-state index in [2.05, 4.69) is 19.9 Å². The van der Waals surface area contributed by atoms with Gasteiger partial charge in [0.05, 0.1) is 18.9 Å². The van der Waals surface area contributed by atoms with Crippen molar-refractivity contribution in [3.05, 3.63) is 41.1 Å². The zero-order valence-electron chi connectivity index (χ0n) is 14.6. The van der Waals surface area contributed by atoms with Crippen molar-refractivity contribution in [1.29, 1.82) is 0 Å². The number of rotatable bonds is 3. The zero-order valence-corrected chi connectivity index (χ0v) is 14.6. The number of carbonyl (C=O) groups excluding carboxylic acids is 2. The number of ether oxygens (including phenoxy) is 1. The average Bonchev–Trinajstić information content (AvgIpc) is 2.95. The summed E-state index contributed by atoms with van der Waals surface area (Å²) in [4.78, 5) is 40.0. The number of aromatic amines is 1. The number of nitrogens with one attached hydrogen (secondary N) is 1. The highest BCUT2D eigenvalue weighted by Gasteiger charge is 2.28. The third-order valence-electron chi connectivity index (χ3n) is 4.48. The molecule has 0 aliphatic carbocycles. The zero-order chi connectivity index (χ0) is 18.0. The normalized spacial score (nSPS) is 14.5. The van der Waals surface area contributed by atoms with E-state index in [1.807, 2.05) is 0 Å². The van der Waals surface area contributed by atoms with Crippen molar-refractivity contribution in [3.8, 4) is 0 Å². The van der Waals surface area contributed by atoms with Crippen molar-refractivity contribution in [2.24, 2.45) is 0 Å². The van der Waals surface area contributed by atoms with Crippen LogP contribution in [0.25, 0.3) is 0 Å². The van der Waals surface area contributed by atoms with Gasteiger partial charge in [-0.1, -0.05) is 0 Å². The van der Waals surface area contributed by atoms with Crippen molar-refractivity contribution in [2.75, 3.05) is 38.2 Å². The summed E-state index contributed by atoms with van der Waals surface area (Å²) in [6.45, 7) is 6.07. The number of esters is 1. The van der Waals surface area contributed by atoms with Gasteiger partial charge in [0.1, 0.15) is 11.5 Å². The van der Waals surface area contributed by atoms with Gasteiger partial charge in [-0.25, -0.2) is 9.78 Å². The van der Waals surface area contributed by atoms with Gasteiger partial charge in [-0.05, 0) is 19.4 Å². The molecule has 25 heavy (non-hydrogen) atoms. The molecule has 0 bridgehead atoms. The van der Waals surface area contributed by atoms with Crippen LogP contribution in [-0.2, 0) is 4.74 Å².